The minimum Gasteiger partial charge on any atom is -0.504 e. The molecule has 0 bridgehead atoms. The van der Waals surface area contributed by atoms with Crippen molar-refractivity contribution in [2.75, 3.05) is 6.61 Å². The standard InChI is InChI=1S/C19H15Br2NO3S2/c1-2-25-14-9-13(20)16(21)12(17(14)23)8-15-18(24)22(19(26)27-15)10-11-6-4-3-5-7-11/h3-9,23H,2,10H2,1H3/b15-8-. The molecule has 0 aromatic heterocycles. The van der Waals surface area contributed by atoms with Gasteiger partial charge in [0.2, 0.25) is 0 Å². The molecule has 0 unspecified atom stereocenters. The Hall–Kier alpha value is -1.35. The van der Waals surface area contributed by atoms with E-state index in [1.807, 2.05) is 37.3 Å². The fourth-order valence-electron chi connectivity index (χ4n) is 2.54. The van der Waals surface area contributed by atoms with Gasteiger partial charge in [-0.05, 0) is 56.5 Å². The summed E-state index contributed by atoms with van der Waals surface area (Å²) in [7, 11) is 0. The summed E-state index contributed by atoms with van der Waals surface area (Å²) in [4.78, 5) is 14.9. The number of benzene rings is 2. The number of ether oxygens (including phenoxy) is 1. The molecular formula is C19H15Br2NO3S2. The normalized spacial score (nSPS) is 15.7. The van der Waals surface area contributed by atoms with E-state index < -0.39 is 0 Å². The predicted octanol–water partition coefficient (Wildman–Crippen LogP) is 5.72. The second-order valence-electron chi connectivity index (χ2n) is 5.62. The molecule has 0 radical (unpaired) electrons. The molecule has 1 aliphatic heterocycles. The fourth-order valence-corrected chi connectivity index (χ4v) is 4.62. The second-order valence-corrected chi connectivity index (χ2v) is 8.94. The highest BCUT2D eigenvalue weighted by Gasteiger charge is 2.32. The van der Waals surface area contributed by atoms with Crippen molar-refractivity contribution in [2.24, 2.45) is 0 Å². The van der Waals surface area contributed by atoms with Crippen LogP contribution in [0.2, 0.25) is 0 Å². The van der Waals surface area contributed by atoms with Gasteiger partial charge in [0, 0.05) is 14.5 Å². The molecule has 3 rings (SSSR count). The Balaban J connectivity index is 1.94. The predicted molar refractivity (Wildman–Crippen MR) is 120 cm³/mol. The molecule has 0 aliphatic carbocycles. The van der Waals surface area contributed by atoms with E-state index in [0.29, 0.717) is 38.2 Å². The Bertz CT molecular complexity index is 932. The van der Waals surface area contributed by atoms with Gasteiger partial charge in [-0.1, -0.05) is 54.3 Å². The molecule has 1 saturated heterocycles. The lowest BCUT2D eigenvalue weighted by atomic mass is 10.1. The van der Waals surface area contributed by atoms with Crippen molar-refractivity contribution in [3.8, 4) is 11.5 Å². The highest BCUT2D eigenvalue weighted by molar-refractivity contribution is 9.13. The Morgan fingerprint density at radius 2 is 2.00 bits per heavy atom. The molecule has 4 nitrogen and oxygen atoms in total. The molecule has 8 heteroatoms. The highest BCUT2D eigenvalue weighted by Crippen LogP contribution is 2.44. The van der Waals surface area contributed by atoms with Crippen LogP contribution in [0.3, 0.4) is 0 Å². The molecule has 0 saturated carbocycles. The van der Waals surface area contributed by atoms with E-state index in [0.717, 1.165) is 10.0 Å². The van der Waals surface area contributed by atoms with E-state index in [-0.39, 0.29) is 11.7 Å². The van der Waals surface area contributed by atoms with Crippen molar-refractivity contribution in [1.82, 2.24) is 4.90 Å². The van der Waals surface area contributed by atoms with E-state index in [2.05, 4.69) is 31.9 Å². The first kappa shape index (κ1) is 20.4. The fraction of sp³-hybridized carbons (Fsp3) is 0.158. The van der Waals surface area contributed by atoms with E-state index in [4.69, 9.17) is 17.0 Å². The first-order valence-electron chi connectivity index (χ1n) is 8.05. The number of rotatable bonds is 5. The molecule has 27 heavy (non-hydrogen) atoms. The number of thiocarbonyl (C=S) groups is 1. The van der Waals surface area contributed by atoms with E-state index in [1.165, 1.54) is 11.8 Å². The maximum atomic E-state index is 12.9. The molecule has 0 spiro atoms. The average Bonchev–Trinajstić information content (AvgIpc) is 2.91. The Morgan fingerprint density at radius 1 is 1.30 bits per heavy atom. The van der Waals surface area contributed by atoms with Gasteiger partial charge in [-0.15, -0.1) is 0 Å². The van der Waals surface area contributed by atoms with Crippen LogP contribution in [-0.2, 0) is 11.3 Å². The van der Waals surface area contributed by atoms with E-state index in [1.54, 1.807) is 17.0 Å². The van der Waals surface area contributed by atoms with Gasteiger partial charge >= 0.3 is 0 Å². The minimum absolute atomic E-state index is 0.0275. The Kier molecular flexibility index (Phi) is 6.62. The molecule has 1 N–H and O–H groups in total. The lowest BCUT2D eigenvalue weighted by Gasteiger charge is -2.14. The summed E-state index contributed by atoms with van der Waals surface area (Å²) in [6.07, 6.45) is 1.64. The van der Waals surface area contributed by atoms with Crippen LogP contribution in [0.25, 0.3) is 6.08 Å². The highest BCUT2D eigenvalue weighted by atomic mass is 79.9. The number of nitrogens with zero attached hydrogens (tertiary/aromatic N) is 1. The molecule has 140 valence electrons. The topological polar surface area (TPSA) is 49.8 Å². The second kappa shape index (κ2) is 8.77. The van der Waals surface area contributed by atoms with Crippen LogP contribution in [0, 0.1) is 0 Å². The van der Waals surface area contributed by atoms with Crippen molar-refractivity contribution in [3.63, 3.8) is 0 Å². The van der Waals surface area contributed by atoms with Crippen LogP contribution in [0.5, 0.6) is 11.5 Å². The molecule has 0 atom stereocenters. The number of carbonyl (C=O) groups excluding carboxylic acids is 1. The molecule has 1 fully saturated rings. The van der Waals surface area contributed by atoms with Gasteiger partial charge in [-0.2, -0.15) is 0 Å². The van der Waals surface area contributed by atoms with Crippen LogP contribution >= 0.6 is 55.8 Å². The third-order valence-corrected chi connectivity index (χ3v) is 7.21. The Labute approximate surface area is 183 Å². The number of hydrogen-bond donors (Lipinski definition) is 1. The number of phenols is 1. The number of hydrogen-bond acceptors (Lipinski definition) is 5. The largest absolute Gasteiger partial charge is 0.504 e. The van der Waals surface area contributed by atoms with Crippen LogP contribution in [0.15, 0.2) is 50.2 Å². The average molecular weight is 529 g/mol. The van der Waals surface area contributed by atoms with Crippen molar-refractivity contribution < 1.29 is 14.6 Å². The quantitative estimate of drug-likeness (QED) is 0.397. The summed E-state index contributed by atoms with van der Waals surface area (Å²) in [6, 6.07) is 11.4. The molecular weight excluding hydrogens is 514 g/mol. The third kappa shape index (κ3) is 4.39. The zero-order chi connectivity index (χ0) is 19.6. The van der Waals surface area contributed by atoms with Gasteiger partial charge in [0.15, 0.2) is 11.5 Å². The first-order chi connectivity index (χ1) is 12.9. The number of amides is 1. The minimum atomic E-state index is -0.182. The van der Waals surface area contributed by atoms with Crippen molar-refractivity contribution in [2.45, 2.75) is 13.5 Å². The molecule has 2 aromatic carbocycles. The van der Waals surface area contributed by atoms with E-state index in [9.17, 15) is 9.90 Å². The number of carbonyl (C=O) groups is 1. The van der Waals surface area contributed by atoms with Crippen LogP contribution < -0.4 is 4.74 Å². The molecule has 1 amide bonds. The summed E-state index contributed by atoms with van der Waals surface area (Å²) in [5.74, 6) is 0.136. The van der Waals surface area contributed by atoms with Gasteiger partial charge < -0.3 is 9.84 Å². The Morgan fingerprint density at radius 3 is 2.67 bits per heavy atom. The van der Waals surface area contributed by atoms with Crippen molar-refractivity contribution >= 4 is 72.1 Å². The monoisotopic (exact) mass is 527 g/mol. The first-order valence-corrected chi connectivity index (χ1v) is 10.9. The van der Waals surface area contributed by atoms with Gasteiger partial charge in [0.1, 0.15) is 4.32 Å². The summed E-state index contributed by atoms with van der Waals surface area (Å²) in [6.45, 7) is 2.67. The zero-order valence-electron chi connectivity index (χ0n) is 14.2. The number of halogens is 2. The van der Waals surface area contributed by atoms with Crippen molar-refractivity contribution in [3.05, 3.63) is 61.4 Å². The van der Waals surface area contributed by atoms with Gasteiger partial charge in [-0.25, -0.2) is 0 Å². The smallest absolute Gasteiger partial charge is 0.266 e. The maximum Gasteiger partial charge on any atom is 0.266 e. The zero-order valence-corrected chi connectivity index (χ0v) is 19.0. The summed E-state index contributed by atoms with van der Waals surface area (Å²) in [5, 5.41) is 10.6. The van der Waals surface area contributed by atoms with Gasteiger partial charge in [0.25, 0.3) is 5.91 Å². The maximum absolute atomic E-state index is 12.9. The summed E-state index contributed by atoms with van der Waals surface area (Å²) >= 11 is 13.5. The van der Waals surface area contributed by atoms with Crippen LogP contribution in [0.4, 0.5) is 0 Å². The lowest BCUT2D eigenvalue weighted by Crippen LogP contribution is -2.27. The van der Waals surface area contributed by atoms with E-state index >= 15 is 0 Å². The van der Waals surface area contributed by atoms with Gasteiger partial charge in [-0.3, -0.25) is 9.69 Å². The molecule has 1 heterocycles. The summed E-state index contributed by atoms with van der Waals surface area (Å²) in [5.41, 5.74) is 1.47. The number of aromatic hydroxyl groups is 1. The molecule has 2 aromatic rings. The number of phenolic OH excluding ortho intramolecular Hbond substituents is 1. The van der Waals surface area contributed by atoms with Crippen LogP contribution in [-0.4, -0.2) is 26.8 Å². The number of thioether (sulfide) groups is 1. The van der Waals surface area contributed by atoms with Gasteiger partial charge in [0.05, 0.1) is 18.1 Å². The lowest BCUT2D eigenvalue weighted by molar-refractivity contribution is -0.122. The van der Waals surface area contributed by atoms with Crippen LogP contribution in [0.1, 0.15) is 18.1 Å². The van der Waals surface area contributed by atoms with Crippen molar-refractivity contribution in [1.29, 1.82) is 0 Å². The third-order valence-electron chi connectivity index (χ3n) is 3.82. The SMILES string of the molecule is CCOc1cc(Br)c(Br)c(/C=C2\SC(=S)N(Cc3ccccc3)C2=O)c1O. The molecule has 1 aliphatic rings. The summed E-state index contributed by atoms with van der Waals surface area (Å²) < 4.78 is 7.31.